The predicted octanol–water partition coefficient (Wildman–Crippen LogP) is 4.67. The van der Waals surface area contributed by atoms with E-state index in [0.717, 1.165) is 11.1 Å². The molecule has 0 aliphatic carbocycles. The first-order valence-electron chi connectivity index (χ1n) is 10.3. The molecule has 2 amide bonds. The Bertz CT molecular complexity index is 1350. The van der Waals surface area contributed by atoms with Crippen molar-refractivity contribution in [1.82, 2.24) is 10.3 Å². The van der Waals surface area contributed by atoms with Gasteiger partial charge >= 0.3 is 0 Å². The zero-order valence-corrected chi connectivity index (χ0v) is 18.0. The van der Waals surface area contributed by atoms with Gasteiger partial charge in [-0.25, -0.2) is 4.98 Å². The lowest BCUT2D eigenvalue weighted by molar-refractivity contribution is -0.115. The van der Waals surface area contributed by atoms with E-state index in [1.165, 1.54) is 0 Å². The number of aryl methyl sites for hydroxylation is 1. The van der Waals surface area contributed by atoms with Gasteiger partial charge in [-0.3, -0.25) is 9.59 Å². The fourth-order valence-corrected chi connectivity index (χ4v) is 3.27. The summed E-state index contributed by atoms with van der Waals surface area (Å²) in [6.07, 6.45) is 7.01. The maximum atomic E-state index is 12.8. The van der Waals surface area contributed by atoms with Crippen molar-refractivity contribution in [3.05, 3.63) is 95.7 Å². The molecule has 6 heteroatoms. The third kappa shape index (κ3) is 5.17. The van der Waals surface area contributed by atoms with Gasteiger partial charge in [-0.05, 0) is 37.3 Å². The molecule has 0 saturated heterocycles. The molecule has 0 radical (unpaired) electrons. The highest BCUT2D eigenvalue weighted by Crippen LogP contribution is 2.28. The summed E-state index contributed by atoms with van der Waals surface area (Å²) in [5.41, 5.74) is 4.16. The van der Waals surface area contributed by atoms with E-state index in [1.807, 2.05) is 31.2 Å². The minimum absolute atomic E-state index is 0.201. The van der Waals surface area contributed by atoms with Crippen molar-refractivity contribution < 1.29 is 14.0 Å². The van der Waals surface area contributed by atoms with Gasteiger partial charge in [-0.1, -0.05) is 53.9 Å². The number of carbonyl (C=O) groups excluding carboxylic acids is 2. The summed E-state index contributed by atoms with van der Waals surface area (Å²) in [4.78, 5) is 29.5. The van der Waals surface area contributed by atoms with Crippen LogP contribution in [-0.4, -0.2) is 23.3 Å². The van der Waals surface area contributed by atoms with Crippen LogP contribution in [0.5, 0.6) is 0 Å². The van der Waals surface area contributed by atoms with E-state index in [4.69, 9.17) is 10.8 Å². The lowest BCUT2D eigenvalue weighted by atomic mass is 10.1. The van der Waals surface area contributed by atoms with Crippen LogP contribution in [0.25, 0.3) is 22.8 Å². The summed E-state index contributed by atoms with van der Waals surface area (Å²) >= 11 is 0. The van der Waals surface area contributed by atoms with Crippen LogP contribution >= 0.6 is 0 Å². The molecule has 1 aromatic heterocycles. The Morgan fingerprint density at radius 2 is 1.82 bits per heavy atom. The highest BCUT2D eigenvalue weighted by atomic mass is 16.4. The largest absolute Gasteiger partial charge is 0.436 e. The van der Waals surface area contributed by atoms with Gasteiger partial charge in [0.05, 0.1) is 18.3 Å². The van der Waals surface area contributed by atoms with Crippen LogP contribution in [0, 0.1) is 19.3 Å². The number of carbonyl (C=O) groups is 2. The molecule has 2 N–H and O–H groups in total. The fourth-order valence-electron chi connectivity index (χ4n) is 3.27. The molecule has 0 bridgehead atoms. The Balaban J connectivity index is 1.46. The van der Waals surface area contributed by atoms with Crippen molar-refractivity contribution >= 4 is 17.5 Å². The van der Waals surface area contributed by atoms with E-state index >= 15 is 0 Å². The first kappa shape index (κ1) is 21.6. The van der Waals surface area contributed by atoms with E-state index in [0.29, 0.717) is 34.0 Å². The normalized spacial score (nSPS) is 10.3. The molecular formula is C27H21N3O3. The third-order valence-corrected chi connectivity index (χ3v) is 4.97. The number of aromatic nitrogens is 1. The van der Waals surface area contributed by atoms with Crippen molar-refractivity contribution in [2.24, 2.45) is 0 Å². The first-order chi connectivity index (χ1) is 16.0. The maximum absolute atomic E-state index is 12.8. The molecule has 0 fully saturated rings. The second-order valence-corrected chi connectivity index (χ2v) is 7.40. The number of amides is 2. The highest BCUT2D eigenvalue weighted by molar-refractivity contribution is 6.02. The van der Waals surface area contributed by atoms with Crippen molar-refractivity contribution in [2.45, 2.75) is 6.92 Å². The molecule has 6 nitrogen and oxygen atoms in total. The van der Waals surface area contributed by atoms with Crippen LogP contribution in [0.1, 0.15) is 21.5 Å². The molecular weight excluding hydrogens is 414 g/mol. The Morgan fingerprint density at radius 1 is 1.03 bits per heavy atom. The number of hydrogen-bond donors (Lipinski definition) is 2. The number of nitrogens with one attached hydrogen (secondary N) is 2. The van der Waals surface area contributed by atoms with Crippen molar-refractivity contribution in [3.8, 4) is 35.1 Å². The van der Waals surface area contributed by atoms with Crippen LogP contribution in [0.2, 0.25) is 0 Å². The van der Waals surface area contributed by atoms with Crippen LogP contribution in [-0.2, 0) is 4.79 Å². The SMILES string of the molecule is C#Cc1cccc(NC(=O)CNC(=O)c2ccccc2-c2ncc(-c3ccc(C)cc3)o2)c1. The zero-order chi connectivity index (χ0) is 23.2. The average molecular weight is 435 g/mol. The molecule has 1 heterocycles. The van der Waals surface area contributed by atoms with E-state index < -0.39 is 5.91 Å². The number of oxazole rings is 1. The highest BCUT2D eigenvalue weighted by Gasteiger charge is 2.17. The first-order valence-corrected chi connectivity index (χ1v) is 10.3. The van der Waals surface area contributed by atoms with E-state index in [2.05, 4.69) is 21.5 Å². The van der Waals surface area contributed by atoms with E-state index in [9.17, 15) is 9.59 Å². The van der Waals surface area contributed by atoms with E-state index in [1.54, 1.807) is 54.7 Å². The maximum Gasteiger partial charge on any atom is 0.252 e. The van der Waals surface area contributed by atoms with Gasteiger partial charge < -0.3 is 15.1 Å². The molecule has 0 saturated carbocycles. The molecule has 0 aliphatic heterocycles. The Morgan fingerprint density at radius 3 is 2.61 bits per heavy atom. The lowest BCUT2D eigenvalue weighted by Crippen LogP contribution is -2.33. The Kier molecular flexibility index (Phi) is 6.33. The minimum atomic E-state index is -0.409. The van der Waals surface area contributed by atoms with Gasteiger partial charge in [0.25, 0.3) is 5.91 Å². The third-order valence-electron chi connectivity index (χ3n) is 4.97. The van der Waals surface area contributed by atoms with Crippen molar-refractivity contribution in [2.75, 3.05) is 11.9 Å². The molecule has 4 aromatic rings. The minimum Gasteiger partial charge on any atom is -0.436 e. The molecule has 3 aromatic carbocycles. The van der Waals surface area contributed by atoms with Crippen LogP contribution in [0.4, 0.5) is 5.69 Å². The second kappa shape index (κ2) is 9.67. The quantitative estimate of drug-likeness (QED) is 0.431. The van der Waals surface area contributed by atoms with Crippen molar-refractivity contribution in [1.29, 1.82) is 0 Å². The van der Waals surface area contributed by atoms with Gasteiger partial charge in [-0.2, -0.15) is 0 Å². The van der Waals surface area contributed by atoms with Crippen LogP contribution < -0.4 is 10.6 Å². The molecule has 4 rings (SSSR count). The van der Waals surface area contributed by atoms with E-state index in [-0.39, 0.29) is 12.5 Å². The standard InChI is InChI=1S/C27H21N3O3/c1-3-19-7-6-8-21(15-19)30-25(31)17-28-26(32)22-9-4-5-10-23(22)27-29-16-24(33-27)20-13-11-18(2)12-14-20/h1,4-16H,17H2,2H3,(H,28,32)(H,30,31). The smallest absolute Gasteiger partial charge is 0.252 e. The van der Waals surface area contributed by atoms with Gasteiger partial charge in [0.1, 0.15) is 0 Å². The number of anilines is 1. The van der Waals surface area contributed by atoms with Gasteiger partial charge in [0, 0.05) is 22.4 Å². The summed E-state index contributed by atoms with van der Waals surface area (Å²) in [6.45, 7) is 1.81. The number of rotatable bonds is 6. The zero-order valence-electron chi connectivity index (χ0n) is 18.0. The lowest BCUT2D eigenvalue weighted by Gasteiger charge is -2.09. The summed E-state index contributed by atoms with van der Waals surface area (Å²) in [5, 5.41) is 5.36. The summed E-state index contributed by atoms with van der Waals surface area (Å²) in [5.74, 6) is 2.67. The second-order valence-electron chi connectivity index (χ2n) is 7.40. The Hall–Kier alpha value is -4.63. The molecule has 0 spiro atoms. The molecule has 0 aliphatic rings. The van der Waals surface area contributed by atoms with Gasteiger partial charge in [0.15, 0.2) is 5.76 Å². The monoisotopic (exact) mass is 435 g/mol. The molecule has 0 atom stereocenters. The summed E-state index contributed by atoms with van der Waals surface area (Å²) < 4.78 is 5.93. The number of nitrogens with zero attached hydrogens (tertiary/aromatic N) is 1. The Labute approximate surface area is 191 Å². The number of terminal acetylenes is 1. The molecule has 162 valence electrons. The number of hydrogen-bond acceptors (Lipinski definition) is 4. The topological polar surface area (TPSA) is 84.2 Å². The van der Waals surface area contributed by atoms with Crippen LogP contribution in [0.3, 0.4) is 0 Å². The average Bonchev–Trinajstić information content (AvgIpc) is 3.33. The summed E-state index contributed by atoms with van der Waals surface area (Å²) in [6, 6.07) is 21.8. The van der Waals surface area contributed by atoms with Crippen LogP contribution in [0.15, 0.2) is 83.4 Å². The predicted molar refractivity (Wildman–Crippen MR) is 127 cm³/mol. The van der Waals surface area contributed by atoms with Gasteiger partial charge in [-0.15, -0.1) is 6.42 Å². The fraction of sp³-hybridized carbons (Fsp3) is 0.0741. The molecule has 33 heavy (non-hydrogen) atoms. The summed E-state index contributed by atoms with van der Waals surface area (Å²) in [7, 11) is 0. The van der Waals surface area contributed by atoms with Gasteiger partial charge in [0.2, 0.25) is 11.8 Å². The number of benzene rings is 3. The van der Waals surface area contributed by atoms with Crippen molar-refractivity contribution in [3.63, 3.8) is 0 Å². The molecule has 0 unspecified atom stereocenters.